The summed E-state index contributed by atoms with van der Waals surface area (Å²) >= 11 is 1.53. The predicted octanol–water partition coefficient (Wildman–Crippen LogP) is 5.26. The summed E-state index contributed by atoms with van der Waals surface area (Å²) in [5, 5.41) is 0. The summed E-state index contributed by atoms with van der Waals surface area (Å²) in [6.07, 6.45) is 0. The van der Waals surface area contributed by atoms with E-state index in [4.69, 9.17) is 9.47 Å². The van der Waals surface area contributed by atoms with Crippen LogP contribution in [-0.2, 0) is 14.8 Å². The van der Waals surface area contributed by atoms with Crippen LogP contribution in [0.15, 0.2) is 70.5 Å². The zero-order valence-electron chi connectivity index (χ0n) is 19.0. The van der Waals surface area contributed by atoms with Crippen molar-refractivity contribution < 1.29 is 22.7 Å². The fourth-order valence-electron chi connectivity index (χ4n) is 3.04. The van der Waals surface area contributed by atoms with Gasteiger partial charge in [0.05, 0.1) is 17.6 Å². The number of sulfonamides is 1. The van der Waals surface area contributed by atoms with Gasteiger partial charge in [-0.1, -0.05) is 12.1 Å². The SMILES string of the molecule is COC(=O)c1cc(S(=O)(=O)NCCSc2ccc(Oc3ccc(C)c(C)c3)cc2)ccc1C. The van der Waals surface area contributed by atoms with Gasteiger partial charge in [-0.2, -0.15) is 0 Å². The maximum atomic E-state index is 12.6. The van der Waals surface area contributed by atoms with Crippen molar-refractivity contribution in [3.63, 3.8) is 0 Å². The molecule has 0 amide bonds. The van der Waals surface area contributed by atoms with Gasteiger partial charge in [0, 0.05) is 17.2 Å². The minimum atomic E-state index is -3.73. The van der Waals surface area contributed by atoms with Gasteiger partial charge < -0.3 is 9.47 Å². The Morgan fingerprint density at radius 3 is 2.21 bits per heavy atom. The van der Waals surface area contributed by atoms with Crippen molar-refractivity contribution in [1.82, 2.24) is 4.72 Å². The first-order valence-electron chi connectivity index (χ1n) is 10.4. The van der Waals surface area contributed by atoms with Crippen LogP contribution in [-0.4, -0.2) is 33.8 Å². The summed E-state index contributed by atoms with van der Waals surface area (Å²) < 4.78 is 38.4. The number of nitrogens with one attached hydrogen (secondary N) is 1. The Balaban J connectivity index is 1.53. The molecule has 3 aromatic carbocycles. The lowest BCUT2D eigenvalue weighted by atomic mass is 10.1. The van der Waals surface area contributed by atoms with E-state index < -0.39 is 16.0 Å². The highest BCUT2D eigenvalue weighted by molar-refractivity contribution is 7.99. The number of thioether (sulfide) groups is 1. The second-order valence-corrected chi connectivity index (χ2v) is 10.5. The molecular formula is C25H27NO5S2. The molecule has 0 spiro atoms. The van der Waals surface area contributed by atoms with Crippen LogP contribution in [0.25, 0.3) is 0 Å². The summed E-state index contributed by atoms with van der Waals surface area (Å²) in [5.41, 5.74) is 3.28. The quantitative estimate of drug-likeness (QED) is 0.253. The molecule has 0 atom stereocenters. The van der Waals surface area contributed by atoms with Gasteiger partial charge in [-0.25, -0.2) is 17.9 Å². The van der Waals surface area contributed by atoms with Crippen molar-refractivity contribution in [2.75, 3.05) is 19.4 Å². The number of carbonyl (C=O) groups excluding carboxylic acids is 1. The van der Waals surface area contributed by atoms with Crippen molar-refractivity contribution in [2.24, 2.45) is 0 Å². The number of carbonyl (C=O) groups is 1. The van der Waals surface area contributed by atoms with Crippen molar-refractivity contribution in [3.8, 4) is 11.5 Å². The Kier molecular flexibility index (Phi) is 8.18. The summed E-state index contributed by atoms with van der Waals surface area (Å²) in [6, 6.07) is 18.1. The molecule has 0 bridgehead atoms. The zero-order valence-corrected chi connectivity index (χ0v) is 20.7. The number of methoxy groups -OCH3 is 1. The van der Waals surface area contributed by atoms with Crippen molar-refractivity contribution in [1.29, 1.82) is 0 Å². The molecule has 174 valence electrons. The van der Waals surface area contributed by atoms with E-state index in [1.807, 2.05) is 49.4 Å². The molecule has 3 rings (SSSR count). The first-order valence-corrected chi connectivity index (χ1v) is 12.8. The van der Waals surface area contributed by atoms with Crippen molar-refractivity contribution in [2.45, 2.75) is 30.6 Å². The Hall–Kier alpha value is -2.81. The molecule has 0 unspecified atom stereocenters. The summed E-state index contributed by atoms with van der Waals surface area (Å²) in [4.78, 5) is 12.9. The molecule has 0 heterocycles. The number of ether oxygens (including phenoxy) is 2. The van der Waals surface area contributed by atoms with Crippen LogP contribution in [0, 0.1) is 20.8 Å². The molecule has 6 nitrogen and oxygen atoms in total. The molecule has 0 aliphatic heterocycles. The lowest BCUT2D eigenvalue weighted by molar-refractivity contribution is 0.0599. The van der Waals surface area contributed by atoms with Gasteiger partial charge in [-0.05, 0) is 86.0 Å². The van der Waals surface area contributed by atoms with Crippen LogP contribution in [0.1, 0.15) is 27.0 Å². The van der Waals surface area contributed by atoms with Gasteiger partial charge in [0.25, 0.3) is 0 Å². The van der Waals surface area contributed by atoms with Crippen LogP contribution in [0.4, 0.5) is 0 Å². The maximum Gasteiger partial charge on any atom is 0.338 e. The Bertz CT molecular complexity index is 1240. The lowest BCUT2D eigenvalue weighted by Crippen LogP contribution is -2.26. The number of rotatable bonds is 9. The van der Waals surface area contributed by atoms with E-state index in [0.29, 0.717) is 11.3 Å². The number of hydrogen-bond donors (Lipinski definition) is 1. The average molecular weight is 486 g/mol. The van der Waals surface area contributed by atoms with Crippen molar-refractivity contribution in [3.05, 3.63) is 82.9 Å². The topological polar surface area (TPSA) is 81.7 Å². The predicted molar refractivity (Wildman–Crippen MR) is 131 cm³/mol. The maximum absolute atomic E-state index is 12.6. The lowest BCUT2D eigenvalue weighted by Gasteiger charge is -2.10. The van der Waals surface area contributed by atoms with Crippen LogP contribution >= 0.6 is 11.8 Å². The highest BCUT2D eigenvalue weighted by atomic mass is 32.2. The molecule has 33 heavy (non-hydrogen) atoms. The summed E-state index contributed by atoms with van der Waals surface area (Å²) in [5.74, 6) is 1.51. The Morgan fingerprint density at radius 1 is 0.879 bits per heavy atom. The Morgan fingerprint density at radius 2 is 1.55 bits per heavy atom. The smallest absolute Gasteiger partial charge is 0.338 e. The highest BCUT2D eigenvalue weighted by Gasteiger charge is 2.18. The molecule has 0 fully saturated rings. The number of esters is 1. The third-order valence-electron chi connectivity index (χ3n) is 5.13. The first-order chi connectivity index (χ1) is 15.7. The van der Waals surface area contributed by atoms with E-state index >= 15 is 0 Å². The van der Waals surface area contributed by atoms with E-state index in [1.54, 1.807) is 13.0 Å². The van der Waals surface area contributed by atoms with Gasteiger partial charge in [0.2, 0.25) is 10.0 Å². The second-order valence-electron chi connectivity index (χ2n) is 7.53. The third-order valence-corrected chi connectivity index (χ3v) is 7.60. The monoisotopic (exact) mass is 485 g/mol. The van der Waals surface area contributed by atoms with Gasteiger partial charge in [-0.15, -0.1) is 11.8 Å². The highest BCUT2D eigenvalue weighted by Crippen LogP contribution is 2.26. The van der Waals surface area contributed by atoms with Crippen LogP contribution in [0.3, 0.4) is 0 Å². The number of hydrogen-bond acceptors (Lipinski definition) is 6. The van der Waals surface area contributed by atoms with Gasteiger partial charge >= 0.3 is 5.97 Å². The molecule has 0 aliphatic rings. The molecule has 3 aromatic rings. The first kappa shape index (κ1) is 24.8. The van der Waals surface area contributed by atoms with E-state index in [1.165, 1.54) is 42.1 Å². The molecule has 1 N–H and O–H groups in total. The van der Waals surface area contributed by atoms with Crippen LogP contribution < -0.4 is 9.46 Å². The zero-order chi connectivity index (χ0) is 24.0. The van der Waals surface area contributed by atoms with E-state index in [9.17, 15) is 13.2 Å². The van der Waals surface area contributed by atoms with E-state index in [-0.39, 0.29) is 17.0 Å². The summed E-state index contributed by atoms with van der Waals surface area (Å²) in [7, 11) is -2.47. The fourth-order valence-corrected chi connectivity index (χ4v) is 5.00. The van der Waals surface area contributed by atoms with Crippen LogP contribution in [0.5, 0.6) is 11.5 Å². The van der Waals surface area contributed by atoms with Gasteiger partial charge in [-0.3, -0.25) is 0 Å². The normalized spacial score (nSPS) is 11.3. The molecule has 0 aliphatic carbocycles. The largest absolute Gasteiger partial charge is 0.465 e. The van der Waals surface area contributed by atoms with E-state index in [2.05, 4.69) is 11.6 Å². The molecule has 0 radical (unpaired) electrons. The fraction of sp³-hybridized carbons (Fsp3) is 0.240. The molecular weight excluding hydrogens is 458 g/mol. The van der Waals surface area contributed by atoms with Crippen LogP contribution in [0.2, 0.25) is 0 Å². The average Bonchev–Trinajstić information content (AvgIpc) is 2.80. The molecule has 0 aromatic heterocycles. The van der Waals surface area contributed by atoms with Crippen molar-refractivity contribution >= 4 is 27.8 Å². The third kappa shape index (κ3) is 6.60. The standard InChI is InChI=1S/C25H27NO5S2/c1-17-5-7-21(15-19(17)3)31-20-8-10-22(11-9-20)32-14-13-26-33(28,29)23-12-6-18(2)24(16-23)25(27)30-4/h5-12,15-16,26H,13-14H2,1-4H3. The van der Waals surface area contributed by atoms with Gasteiger partial charge in [0.1, 0.15) is 11.5 Å². The van der Waals surface area contributed by atoms with E-state index in [0.717, 1.165) is 16.4 Å². The second kappa shape index (κ2) is 10.9. The molecule has 8 heteroatoms. The summed E-state index contributed by atoms with van der Waals surface area (Å²) in [6.45, 7) is 6.08. The Labute approximate surface area is 199 Å². The molecule has 0 saturated heterocycles. The number of aryl methyl sites for hydroxylation is 3. The molecule has 0 saturated carbocycles. The van der Waals surface area contributed by atoms with Gasteiger partial charge in [0.15, 0.2) is 0 Å². The minimum absolute atomic E-state index is 0.0337. The number of benzene rings is 3. The minimum Gasteiger partial charge on any atom is -0.465 e.